The van der Waals surface area contributed by atoms with Crippen LogP contribution in [0.5, 0.6) is 0 Å². The Morgan fingerprint density at radius 3 is 1.04 bits per heavy atom. The highest BCUT2D eigenvalue weighted by Crippen LogP contribution is 2.17. The lowest BCUT2D eigenvalue weighted by Gasteiger charge is -2.18. The Morgan fingerprint density at radius 1 is 0.382 bits per heavy atom. The SMILES string of the molecule is CCCCCCCC(=O)OC[C@H](COC(=O)CCCCCCCCCCCCCC(C)C)OC(=O)CCCCCCCCCCCCCCCCC(C)CC. The number of unbranched alkanes of at least 4 members (excludes halogenated alkanes) is 27. The van der Waals surface area contributed by atoms with Crippen molar-refractivity contribution in [1.29, 1.82) is 0 Å². The van der Waals surface area contributed by atoms with E-state index < -0.39 is 6.10 Å². The van der Waals surface area contributed by atoms with Crippen LogP contribution in [0.1, 0.15) is 266 Å². The van der Waals surface area contributed by atoms with Crippen molar-refractivity contribution in [1.82, 2.24) is 0 Å². The molecule has 0 amide bonds. The van der Waals surface area contributed by atoms with Crippen molar-refractivity contribution in [3.8, 4) is 0 Å². The van der Waals surface area contributed by atoms with Crippen LogP contribution in [0, 0.1) is 11.8 Å². The highest BCUT2D eigenvalue weighted by Gasteiger charge is 2.19. The number of carbonyl (C=O) groups excluding carboxylic acids is 3. The quantitative estimate of drug-likeness (QED) is 0.0348. The first-order valence-corrected chi connectivity index (χ1v) is 24.3. The van der Waals surface area contributed by atoms with Gasteiger partial charge in [0.15, 0.2) is 6.10 Å². The first-order chi connectivity index (χ1) is 26.8. The van der Waals surface area contributed by atoms with E-state index in [9.17, 15) is 14.4 Å². The number of hydrogen-bond acceptors (Lipinski definition) is 6. The minimum Gasteiger partial charge on any atom is -0.462 e. The van der Waals surface area contributed by atoms with Crippen molar-refractivity contribution >= 4 is 17.9 Å². The third kappa shape index (κ3) is 41.9. The predicted octanol–water partition coefficient (Wildman–Crippen LogP) is 15.4. The van der Waals surface area contributed by atoms with E-state index in [2.05, 4.69) is 34.6 Å². The largest absolute Gasteiger partial charge is 0.462 e. The molecule has 0 saturated heterocycles. The average molecular weight is 779 g/mol. The zero-order valence-corrected chi connectivity index (χ0v) is 37.6. The summed E-state index contributed by atoms with van der Waals surface area (Å²) in [6.45, 7) is 11.3. The van der Waals surface area contributed by atoms with E-state index in [-0.39, 0.29) is 31.1 Å². The second kappa shape index (κ2) is 42.0. The van der Waals surface area contributed by atoms with Crippen molar-refractivity contribution in [2.45, 2.75) is 272 Å². The average Bonchev–Trinajstić information content (AvgIpc) is 3.17. The maximum absolute atomic E-state index is 12.7. The van der Waals surface area contributed by atoms with Gasteiger partial charge >= 0.3 is 17.9 Å². The van der Waals surface area contributed by atoms with Crippen LogP contribution in [0.2, 0.25) is 0 Å². The second-order valence-electron chi connectivity index (χ2n) is 17.5. The van der Waals surface area contributed by atoms with Crippen molar-refractivity contribution in [2.75, 3.05) is 13.2 Å². The monoisotopic (exact) mass is 779 g/mol. The van der Waals surface area contributed by atoms with Crippen LogP contribution in [0.3, 0.4) is 0 Å². The molecule has 0 heterocycles. The molecule has 6 heteroatoms. The Morgan fingerprint density at radius 2 is 0.691 bits per heavy atom. The Balaban J connectivity index is 4.15. The van der Waals surface area contributed by atoms with E-state index in [0.29, 0.717) is 19.3 Å². The second-order valence-corrected chi connectivity index (χ2v) is 17.5. The minimum absolute atomic E-state index is 0.0653. The molecule has 6 nitrogen and oxygen atoms in total. The van der Waals surface area contributed by atoms with Gasteiger partial charge in [0, 0.05) is 19.3 Å². The smallest absolute Gasteiger partial charge is 0.306 e. The van der Waals surface area contributed by atoms with Gasteiger partial charge in [-0.15, -0.1) is 0 Å². The summed E-state index contributed by atoms with van der Waals surface area (Å²) in [4.78, 5) is 37.6. The van der Waals surface area contributed by atoms with Gasteiger partial charge in [-0.3, -0.25) is 14.4 Å². The number of ether oxygens (including phenoxy) is 3. The van der Waals surface area contributed by atoms with Crippen LogP contribution in [0.4, 0.5) is 0 Å². The Hall–Kier alpha value is -1.59. The molecule has 2 atom stereocenters. The molecule has 326 valence electrons. The number of esters is 3. The van der Waals surface area contributed by atoms with Crippen LogP contribution < -0.4 is 0 Å². The van der Waals surface area contributed by atoms with Gasteiger partial charge in [0.05, 0.1) is 0 Å². The van der Waals surface area contributed by atoms with Crippen LogP contribution in [0.15, 0.2) is 0 Å². The maximum Gasteiger partial charge on any atom is 0.306 e. The normalized spacial score (nSPS) is 12.5. The first kappa shape index (κ1) is 53.4. The molecule has 0 bridgehead atoms. The van der Waals surface area contributed by atoms with E-state index >= 15 is 0 Å². The molecule has 0 aliphatic rings. The molecule has 0 fully saturated rings. The fraction of sp³-hybridized carbons (Fsp3) is 0.939. The molecule has 0 radical (unpaired) electrons. The zero-order valence-electron chi connectivity index (χ0n) is 37.6. The summed E-state index contributed by atoms with van der Waals surface area (Å²) in [5.74, 6) is 0.855. The lowest BCUT2D eigenvalue weighted by Crippen LogP contribution is -2.30. The summed E-state index contributed by atoms with van der Waals surface area (Å²) < 4.78 is 16.6. The summed E-state index contributed by atoms with van der Waals surface area (Å²) >= 11 is 0. The summed E-state index contributed by atoms with van der Waals surface area (Å²) in [5, 5.41) is 0. The van der Waals surface area contributed by atoms with Crippen molar-refractivity contribution in [3.05, 3.63) is 0 Å². The molecule has 0 aliphatic heterocycles. The van der Waals surface area contributed by atoms with Gasteiger partial charge in [-0.25, -0.2) is 0 Å². The van der Waals surface area contributed by atoms with Crippen LogP contribution >= 0.6 is 0 Å². The fourth-order valence-corrected chi connectivity index (χ4v) is 7.25. The summed E-state index contributed by atoms with van der Waals surface area (Å²) in [6, 6.07) is 0. The number of hydrogen-bond donors (Lipinski definition) is 0. The van der Waals surface area contributed by atoms with E-state index in [1.54, 1.807) is 0 Å². The standard InChI is InChI=1S/C49H94O6/c1-6-8-9-27-34-39-47(50)53-42-46(43-54-48(51)40-35-30-25-21-18-14-15-19-23-28-32-37-44(3)4)55-49(52)41-36-31-26-22-17-13-11-10-12-16-20-24-29-33-38-45(5)7-2/h44-46H,6-43H2,1-5H3/t45?,46-/m1/s1. The third-order valence-electron chi connectivity index (χ3n) is 11.3. The molecule has 0 aromatic heterocycles. The molecular weight excluding hydrogens is 685 g/mol. The predicted molar refractivity (Wildman–Crippen MR) is 233 cm³/mol. The molecule has 0 spiro atoms. The molecule has 0 saturated carbocycles. The minimum atomic E-state index is -0.759. The molecule has 1 unspecified atom stereocenters. The van der Waals surface area contributed by atoms with Gasteiger partial charge < -0.3 is 14.2 Å². The summed E-state index contributed by atoms with van der Waals surface area (Å²) in [7, 11) is 0. The van der Waals surface area contributed by atoms with Gasteiger partial charge in [-0.05, 0) is 31.1 Å². The highest BCUT2D eigenvalue weighted by atomic mass is 16.6. The van der Waals surface area contributed by atoms with Crippen LogP contribution in [-0.2, 0) is 28.6 Å². The third-order valence-corrected chi connectivity index (χ3v) is 11.3. The van der Waals surface area contributed by atoms with E-state index in [4.69, 9.17) is 14.2 Å². The van der Waals surface area contributed by atoms with E-state index in [1.807, 2.05) is 0 Å². The van der Waals surface area contributed by atoms with Gasteiger partial charge in [0.2, 0.25) is 0 Å². The van der Waals surface area contributed by atoms with E-state index in [0.717, 1.165) is 76.0 Å². The molecule has 0 N–H and O–H groups in total. The van der Waals surface area contributed by atoms with E-state index in [1.165, 1.54) is 148 Å². The van der Waals surface area contributed by atoms with Crippen molar-refractivity contribution in [2.24, 2.45) is 11.8 Å². The molecular formula is C49H94O6. The molecule has 0 rings (SSSR count). The Bertz CT molecular complexity index is 841. The number of rotatable bonds is 43. The van der Waals surface area contributed by atoms with Crippen LogP contribution in [0.25, 0.3) is 0 Å². The summed E-state index contributed by atoms with van der Waals surface area (Å²) in [5.41, 5.74) is 0. The van der Waals surface area contributed by atoms with Crippen molar-refractivity contribution in [3.63, 3.8) is 0 Å². The number of carbonyl (C=O) groups is 3. The Kier molecular flexibility index (Phi) is 40.8. The molecule has 0 aromatic rings. The molecule has 55 heavy (non-hydrogen) atoms. The van der Waals surface area contributed by atoms with Gasteiger partial charge in [0.25, 0.3) is 0 Å². The topological polar surface area (TPSA) is 78.9 Å². The van der Waals surface area contributed by atoms with Gasteiger partial charge in [-0.1, -0.05) is 227 Å². The maximum atomic E-state index is 12.7. The zero-order chi connectivity index (χ0) is 40.5. The fourth-order valence-electron chi connectivity index (χ4n) is 7.25. The Labute approximate surface area is 342 Å². The van der Waals surface area contributed by atoms with Gasteiger partial charge in [-0.2, -0.15) is 0 Å². The molecule has 0 aliphatic carbocycles. The summed E-state index contributed by atoms with van der Waals surface area (Å²) in [6.07, 6.45) is 41.1. The lowest BCUT2D eigenvalue weighted by molar-refractivity contribution is -0.167. The lowest BCUT2D eigenvalue weighted by atomic mass is 9.99. The molecule has 0 aromatic carbocycles. The highest BCUT2D eigenvalue weighted by molar-refractivity contribution is 5.71. The van der Waals surface area contributed by atoms with Crippen molar-refractivity contribution < 1.29 is 28.6 Å². The first-order valence-electron chi connectivity index (χ1n) is 24.3. The van der Waals surface area contributed by atoms with Gasteiger partial charge in [0.1, 0.15) is 13.2 Å². The van der Waals surface area contributed by atoms with Crippen LogP contribution in [-0.4, -0.2) is 37.2 Å².